The number of hydrogen-bond acceptors (Lipinski definition) is 2. The van der Waals surface area contributed by atoms with E-state index >= 15 is 0 Å². The molecule has 2 heterocycles. The zero-order valence-corrected chi connectivity index (χ0v) is 23.7. The van der Waals surface area contributed by atoms with Crippen LogP contribution in [0.25, 0.3) is 11.3 Å². The van der Waals surface area contributed by atoms with Crippen molar-refractivity contribution in [2.24, 2.45) is 0 Å². The predicted octanol–water partition coefficient (Wildman–Crippen LogP) is 8.20. The number of benzene rings is 5. The van der Waals surface area contributed by atoms with Crippen LogP contribution in [0.2, 0.25) is 5.02 Å². The summed E-state index contributed by atoms with van der Waals surface area (Å²) in [5.74, 6) is 0.0493. The quantitative estimate of drug-likeness (QED) is 0.183. The fourth-order valence-electron chi connectivity index (χ4n) is 6.12. The van der Waals surface area contributed by atoms with E-state index in [4.69, 9.17) is 16.6 Å². The highest BCUT2D eigenvalue weighted by Crippen LogP contribution is 2.41. The molecule has 0 bridgehead atoms. The second-order valence-corrected chi connectivity index (χ2v) is 11.1. The van der Waals surface area contributed by atoms with Gasteiger partial charge in [-0.1, -0.05) is 121 Å². The molecule has 0 saturated heterocycles. The fraction of sp³-hybridized carbons (Fsp3) is 0.0811. The molecule has 0 aliphatic carbocycles. The maximum Gasteiger partial charge on any atom is 0.254 e. The van der Waals surface area contributed by atoms with E-state index in [-0.39, 0.29) is 5.91 Å². The average molecular weight is 566 g/mol. The first-order valence-electron chi connectivity index (χ1n) is 14.0. The zero-order chi connectivity index (χ0) is 28.5. The SMILES string of the molecule is O=C1c2ccc(-c3cn(C(c4ccccc4)(c4ccccc4)c4ccccc4)cn3)cc2CN1Cc1ccc(Cl)cc1. The molecule has 1 amide bonds. The predicted molar refractivity (Wildman–Crippen MR) is 167 cm³/mol. The number of carbonyl (C=O) groups excluding carboxylic acids is 1. The minimum Gasteiger partial charge on any atom is -0.330 e. The summed E-state index contributed by atoms with van der Waals surface area (Å²) in [6.07, 6.45) is 4.05. The summed E-state index contributed by atoms with van der Waals surface area (Å²) in [6.45, 7) is 1.11. The van der Waals surface area contributed by atoms with Crippen LogP contribution in [0.15, 0.2) is 146 Å². The molecule has 1 aromatic heterocycles. The molecule has 0 saturated carbocycles. The molecule has 7 rings (SSSR count). The Kier molecular flexibility index (Phi) is 6.69. The third-order valence-corrected chi connectivity index (χ3v) is 8.36. The van der Waals surface area contributed by atoms with Gasteiger partial charge < -0.3 is 9.47 Å². The summed E-state index contributed by atoms with van der Waals surface area (Å²) in [7, 11) is 0. The van der Waals surface area contributed by atoms with E-state index in [0.717, 1.165) is 44.6 Å². The number of hydrogen-bond donors (Lipinski definition) is 0. The molecule has 42 heavy (non-hydrogen) atoms. The van der Waals surface area contributed by atoms with Crippen molar-refractivity contribution in [3.8, 4) is 11.3 Å². The van der Waals surface area contributed by atoms with E-state index in [0.29, 0.717) is 18.1 Å². The van der Waals surface area contributed by atoms with Crippen molar-refractivity contribution in [1.29, 1.82) is 0 Å². The van der Waals surface area contributed by atoms with Gasteiger partial charge in [0, 0.05) is 35.4 Å². The van der Waals surface area contributed by atoms with E-state index in [2.05, 4.69) is 89.6 Å². The topological polar surface area (TPSA) is 38.1 Å². The third-order valence-electron chi connectivity index (χ3n) is 8.11. The van der Waals surface area contributed by atoms with E-state index in [1.165, 1.54) is 0 Å². The molecule has 5 aromatic carbocycles. The number of rotatable bonds is 7. The molecule has 6 aromatic rings. The van der Waals surface area contributed by atoms with Crippen LogP contribution in [0.5, 0.6) is 0 Å². The van der Waals surface area contributed by atoms with E-state index in [1.54, 1.807) is 0 Å². The lowest BCUT2D eigenvalue weighted by Gasteiger charge is -2.37. The molecule has 4 nitrogen and oxygen atoms in total. The Morgan fingerprint density at radius 3 is 1.86 bits per heavy atom. The lowest BCUT2D eigenvalue weighted by Crippen LogP contribution is -2.36. The number of imidazole rings is 1. The Hall–Kier alpha value is -4.93. The number of nitrogens with zero attached hydrogens (tertiary/aromatic N) is 3. The standard InChI is InChI=1S/C37H28ClN3O/c38-33-19-16-27(17-20-33)23-40-24-29-22-28(18-21-34(29)36(40)42)35-25-41(26-39-35)37(30-10-4-1-5-11-30,31-12-6-2-7-13-31)32-14-8-3-9-15-32/h1-22,25-26H,23-24H2. The minimum atomic E-state index is -0.628. The second kappa shape index (κ2) is 10.8. The molecule has 1 aliphatic rings. The zero-order valence-electron chi connectivity index (χ0n) is 22.9. The van der Waals surface area contributed by atoms with Crippen LogP contribution in [0.4, 0.5) is 0 Å². The number of aromatic nitrogens is 2. The molecule has 0 radical (unpaired) electrons. The van der Waals surface area contributed by atoms with Gasteiger partial charge in [-0.15, -0.1) is 0 Å². The van der Waals surface area contributed by atoms with Crippen LogP contribution < -0.4 is 0 Å². The van der Waals surface area contributed by atoms with Crippen molar-refractivity contribution in [2.75, 3.05) is 0 Å². The van der Waals surface area contributed by atoms with E-state index in [9.17, 15) is 4.79 Å². The molecule has 204 valence electrons. The maximum absolute atomic E-state index is 13.2. The summed E-state index contributed by atoms with van der Waals surface area (Å²) in [4.78, 5) is 20.0. The van der Waals surface area contributed by atoms with Crippen molar-refractivity contribution in [3.05, 3.63) is 184 Å². The van der Waals surface area contributed by atoms with Crippen LogP contribution in [-0.2, 0) is 18.6 Å². The molecule has 0 N–H and O–H groups in total. The smallest absolute Gasteiger partial charge is 0.254 e. The largest absolute Gasteiger partial charge is 0.330 e. The van der Waals surface area contributed by atoms with Gasteiger partial charge in [-0.05, 0) is 52.1 Å². The number of halogens is 1. The van der Waals surface area contributed by atoms with Gasteiger partial charge in [0.15, 0.2) is 0 Å². The molecule has 5 heteroatoms. The van der Waals surface area contributed by atoms with E-state index < -0.39 is 5.54 Å². The molecule has 0 spiro atoms. The van der Waals surface area contributed by atoms with E-state index in [1.807, 2.05) is 65.8 Å². The van der Waals surface area contributed by atoms with Gasteiger partial charge in [0.25, 0.3) is 5.91 Å². The van der Waals surface area contributed by atoms with Crippen LogP contribution in [0.1, 0.15) is 38.2 Å². The third kappa shape index (κ3) is 4.50. The molecule has 0 atom stereocenters. The Morgan fingerprint density at radius 1 is 0.714 bits per heavy atom. The summed E-state index contributed by atoms with van der Waals surface area (Å²) in [5, 5.41) is 0.690. The van der Waals surface area contributed by atoms with Gasteiger partial charge in [-0.3, -0.25) is 4.79 Å². The van der Waals surface area contributed by atoms with Crippen molar-refractivity contribution >= 4 is 17.5 Å². The lowest BCUT2D eigenvalue weighted by atomic mass is 9.77. The Morgan fingerprint density at radius 2 is 1.29 bits per heavy atom. The van der Waals surface area contributed by atoms with Gasteiger partial charge in [0.1, 0.15) is 5.54 Å². The highest BCUT2D eigenvalue weighted by molar-refractivity contribution is 6.30. The van der Waals surface area contributed by atoms with Gasteiger partial charge >= 0.3 is 0 Å². The van der Waals surface area contributed by atoms with Crippen LogP contribution >= 0.6 is 11.6 Å². The first kappa shape index (κ1) is 26.0. The summed E-state index contributed by atoms with van der Waals surface area (Å²) >= 11 is 6.05. The van der Waals surface area contributed by atoms with Crippen molar-refractivity contribution in [3.63, 3.8) is 0 Å². The Balaban J connectivity index is 1.29. The fourth-order valence-corrected chi connectivity index (χ4v) is 6.24. The van der Waals surface area contributed by atoms with Crippen molar-refractivity contribution in [1.82, 2.24) is 14.5 Å². The number of fused-ring (bicyclic) bond motifs is 1. The molecule has 0 fully saturated rings. The van der Waals surface area contributed by atoms with Crippen LogP contribution in [0, 0.1) is 0 Å². The highest BCUT2D eigenvalue weighted by Gasteiger charge is 2.38. The van der Waals surface area contributed by atoms with Crippen LogP contribution in [-0.4, -0.2) is 20.4 Å². The Labute approximate surface area is 250 Å². The van der Waals surface area contributed by atoms with Gasteiger partial charge in [-0.2, -0.15) is 0 Å². The second-order valence-electron chi connectivity index (χ2n) is 10.6. The number of carbonyl (C=O) groups is 1. The summed E-state index contributed by atoms with van der Waals surface area (Å²) in [5.41, 5.74) is 7.46. The Bertz CT molecular complexity index is 1750. The lowest BCUT2D eigenvalue weighted by molar-refractivity contribution is 0.0766. The first-order valence-corrected chi connectivity index (χ1v) is 14.4. The van der Waals surface area contributed by atoms with Gasteiger partial charge in [0.05, 0.1) is 12.0 Å². The number of amides is 1. The van der Waals surface area contributed by atoms with Gasteiger partial charge in [-0.25, -0.2) is 4.98 Å². The summed E-state index contributed by atoms with van der Waals surface area (Å²) < 4.78 is 2.22. The highest BCUT2D eigenvalue weighted by atomic mass is 35.5. The normalized spacial score (nSPS) is 12.9. The average Bonchev–Trinajstić information content (AvgIpc) is 3.65. The molecule has 0 unspecified atom stereocenters. The molecular weight excluding hydrogens is 538 g/mol. The first-order chi connectivity index (χ1) is 20.6. The monoisotopic (exact) mass is 565 g/mol. The minimum absolute atomic E-state index is 0.0493. The van der Waals surface area contributed by atoms with Crippen LogP contribution in [0.3, 0.4) is 0 Å². The molecule has 1 aliphatic heterocycles. The van der Waals surface area contributed by atoms with Crippen molar-refractivity contribution in [2.45, 2.75) is 18.6 Å². The summed E-state index contributed by atoms with van der Waals surface area (Å²) in [6, 6.07) is 45.4. The van der Waals surface area contributed by atoms with Gasteiger partial charge in [0.2, 0.25) is 0 Å². The van der Waals surface area contributed by atoms with Crippen molar-refractivity contribution < 1.29 is 4.79 Å². The maximum atomic E-state index is 13.2. The molecular formula is C37H28ClN3O.